The maximum atomic E-state index is 14.5. The second-order valence-corrected chi connectivity index (χ2v) is 20.8. The predicted octanol–water partition coefficient (Wildman–Crippen LogP) is 5.40. The van der Waals surface area contributed by atoms with Gasteiger partial charge in [0.2, 0.25) is 23.6 Å². The molecule has 80 heavy (non-hydrogen) atoms. The van der Waals surface area contributed by atoms with E-state index in [9.17, 15) is 43.2 Å². The van der Waals surface area contributed by atoms with E-state index < -0.39 is 53.7 Å². The number of aromatic nitrogens is 1. The zero-order valence-corrected chi connectivity index (χ0v) is 46.9. The summed E-state index contributed by atoms with van der Waals surface area (Å²) < 4.78 is 6.08. The van der Waals surface area contributed by atoms with Gasteiger partial charge in [-0.3, -0.25) is 38.5 Å². The Morgan fingerprint density at radius 2 is 1.56 bits per heavy atom. The van der Waals surface area contributed by atoms with Crippen LogP contribution in [-0.4, -0.2) is 157 Å². The minimum Gasteiger partial charge on any atom is -0.409 e. The van der Waals surface area contributed by atoms with Crippen molar-refractivity contribution in [3.63, 3.8) is 0 Å². The Balaban J connectivity index is 0.957. The molecule has 4 aromatic carbocycles. The van der Waals surface area contributed by atoms with E-state index in [1.54, 1.807) is 64.4 Å². The number of amides is 10. The summed E-state index contributed by atoms with van der Waals surface area (Å²) >= 11 is 3.68. The molecular weight excluding hydrogens is 1090 g/mol. The Morgan fingerprint density at radius 1 is 0.850 bits per heavy atom. The van der Waals surface area contributed by atoms with Crippen molar-refractivity contribution in [3.8, 4) is 5.75 Å². The molecule has 9 N–H and O–H groups in total. The van der Waals surface area contributed by atoms with Gasteiger partial charge in [0.05, 0.1) is 11.7 Å². The molecule has 3 heterocycles. The molecule has 0 spiro atoms. The number of carbonyl (C=O) groups excluding carboxylic acids is 9. The number of benzene rings is 4. The van der Waals surface area contributed by atoms with Crippen molar-refractivity contribution in [2.45, 2.75) is 64.5 Å². The summed E-state index contributed by atoms with van der Waals surface area (Å²) in [6.07, 6.45) is 1.35. The molecule has 22 nitrogen and oxygen atoms in total. The lowest BCUT2D eigenvalue weighted by atomic mass is 9.95. The number of H-pyrrole nitrogens is 1. The summed E-state index contributed by atoms with van der Waals surface area (Å²) in [7, 11) is 2.02. The lowest BCUT2D eigenvalue weighted by Crippen LogP contribution is -2.54. The zero-order valence-electron chi connectivity index (χ0n) is 45.3. The molecule has 0 saturated carbocycles. The van der Waals surface area contributed by atoms with E-state index in [2.05, 4.69) is 64.3 Å². The smallest absolute Gasteiger partial charge is 0.409 e. The molecule has 0 bridgehead atoms. The first-order valence-electron chi connectivity index (χ1n) is 26.6. The Hall–Kier alpha value is -8.15. The summed E-state index contributed by atoms with van der Waals surface area (Å²) in [5, 5.41) is 19.9. The number of nitrogens with one attached hydrogen (secondary N) is 7. The largest absolute Gasteiger partial charge is 0.415 e. The molecule has 0 radical (unpaired) electrons. The van der Waals surface area contributed by atoms with Gasteiger partial charge in [0.15, 0.2) is 0 Å². The van der Waals surface area contributed by atoms with E-state index in [1.807, 2.05) is 45.2 Å². The molecule has 5 aromatic rings. The zero-order chi connectivity index (χ0) is 57.6. The molecule has 1 saturated heterocycles. The highest BCUT2D eigenvalue weighted by molar-refractivity contribution is 9.09. The van der Waals surface area contributed by atoms with Gasteiger partial charge in [-0.25, -0.2) is 9.59 Å². The highest BCUT2D eigenvalue weighted by atomic mass is 79.9. The number of imide groups is 1. The molecule has 424 valence electrons. The standard InChI is InChI=1S/C57H69BrN12O10/c1-6-49(73)69(35(4)71)24-10-14-48(72)60-22-23-61-51(34(2)3)54(76)66-44(13-9-21-62-56(59)78)53(75)63-39-17-15-36(16-18-39)52(74)64-40-19-20-43-37(29-40)30-45(65-43)55(77)70-33-38(32-58)50-42-12-8-7-11-41(42)47(31-46(50)70)80-57(79)68-27-25-67(5)26-28-68/h6-8,11-12,15-20,29-31,34,38,44,51,61,65H,1,9-10,13-14,21-28,32-33H2,2-5H3,(H,60,72)(H,63,75)(H,64,74)(H,66,76)(H3,59,62,78)/t38-,44+,51+/m1/s1. The van der Waals surface area contributed by atoms with Crippen LogP contribution in [0.2, 0.25) is 0 Å². The van der Waals surface area contributed by atoms with Crippen LogP contribution in [-0.2, 0) is 24.0 Å². The highest BCUT2D eigenvalue weighted by Gasteiger charge is 2.36. The van der Waals surface area contributed by atoms with Gasteiger partial charge in [0.1, 0.15) is 17.5 Å². The summed E-state index contributed by atoms with van der Waals surface area (Å²) in [5.74, 6) is -2.89. The van der Waals surface area contributed by atoms with Crippen molar-refractivity contribution in [3.05, 3.63) is 108 Å². The summed E-state index contributed by atoms with van der Waals surface area (Å²) in [5.41, 5.74) is 9.00. The SMILES string of the molecule is C=CC(=O)N(CCCC(=O)NCCN[C@H](C(=O)N[C@@H](CCCNC(N)=O)C(=O)Nc1ccc(C(=O)Nc2ccc3[nH]c(C(=O)N4C[C@@H](CBr)c5c4cc(OC(=O)N4CCN(C)CC4)c4ccccc54)cc3c2)cc1)C(C)C)C(C)=O. The number of urea groups is 1. The van der Waals surface area contributed by atoms with E-state index in [4.69, 9.17) is 10.5 Å². The molecule has 1 aromatic heterocycles. The van der Waals surface area contributed by atoms with Crippen LogP contribution in [0.5, 0.6) is 5.75 Å². The number of nitrogens with zero attached hydrogens (tertiary/aromatic N) is 4. The lowest BCUT2D eigenvalue weighted by molar-refractivity contribution is -0.141. The first kappa shape index (κ1) is 59.5. The average molecular weight is 1160 g/mol. The number of aromatic amines is 1. The Morgan fingerprint density at radius 3 is 2.24 bits per heavy atom. The number of halogens is 1. The van der Waals surface area contributed by atoms with E-state index in [-0.39, 0.29) is 74.7 Å². The third-order valence-corrected chi connectivity index (χ3v) is 14.8. The number of likely N-dealkylation sites (N-methyl/N-ethyl adjacent to an activating group) is 1. The first-order valence-corrected chi connectivity index (χ1v) is 27.7. The summed E-state index contributed by atoms with van der Waals surface area (Å²) in [6.45, 7) is 11.9. The fraction of sp³-hybridized carbons (Fsp3) is 0.386. The average Bonchev–Trinajstić information content (AvgIpc) is 4.07. The second kappa shape index (κ2) is 27.6. The van der Waals surface area contributed by atoms with Gasteiger partial charge >= 0.3 is 12.1 Å². The quantitative estimate of drug-likeness (QED) is 0.0232. The molecule has 2 aliphatic rings. The molecule has 23 heteroatoms. The summed E-state index contributed by atoms with van der Waals surface area (Å²) in [4.78, 5) is 126. The second-order valence-electron chi connectivity index (χ2n) is 20.1. The van der Waals surface area contributed by atoms with Crippen molar-refractivity contribution >= 4 is 108 Å². The minimum absolute atomic E-state index is 0.0331. The number of carbonyl (C=O) groups is 9. The number of alkyl halides is 1. The van der Waals surface area contributed by atoms with E-state index in [0.29, 0.717) is 70.8 Å². The van der Waals surface area contributed by atoms with Gasteiger partial charge in [-0.2, -0.15) is 0 Å². The van der Waals surface area contributed by atoms with E-state index in [1.165, 1.54) is 6.92 Å². The number of rotatable bonds is 23. The Labute approximate surface area is 472 Å². The molecule has 0 unspecified atom stereocenters. The van der Waals surface area contributed by atoms with Gasteiger partial charge < -0.3 is 62.1 Å². The van der Waals surface area contributed by atoms with Crippen molar-refractivity contribution in [1.82, 2.24) is 41.0 Å². The van der Waals surface area contributed by atoms with Crippen LogP contribution >= 0.6 is 15.9 Å². The molecule has 0 aliphatic carbocycles. The van der Waals surface area contributed by atoms with Crippen molar-refractivity contribution in [2.75, 3.05) is 86.8 Å². The molecule has 10 amide bonds. The summed E-state index contributed by atoms with van der Waals surface area (Å²) in [6, 6.07) is 20.2. The van der Waals surface area contributed by atoms with Gasteiger partial charge in [0, 0.05) is 123 Å². The lowest BCUT2D eigenvalue weighted by Gasteiger charge is -2.31. The molecular formula is C57H69BrN12O10. The molecule has 2 aliphatic heterocycles. The van der Waals surface area contributed by atoms with Crippen LogP contribution in [0.4, 0.5) is 26.7 Å². The van der Waals surface area contributed by atoms with Gasteiger partial charge in [-0.1, -0.05) is 60.6 Å². The number of hydrogen-bond donors (Lipinski definition) is 8. The minimum atomic E-state index is -1.04. The molecule has 3 atom stereocenters. The number of fused-ring (bicyclic) bond motifs is 4. The third kappa shape index (κ3) is 15.1. The Kier molecular flexibility index (Phi) is 20.6. The number of piperazine rings is 1. The van der Waals surface area contributed by atoms with Gasteiger partial charge in [-0.05, 0) is 97.8 Å². The number of primary amides is 1. The van der Waals surface area contributed by atoms with Crippen molar-refractivity contribution < 1.29 is 47.9 Å². The van der Waals surface area contributed by atoms with Crippen LogP contribution in [0, 0.1) is 5.92 Å². The fourth-order valence-electron chi connectivity index (χ4n) is 9.70. The van der Waals surface area contributed by atoms with Gasteiger partial charge in [0.25, 0.3) is 17.7 Å². The van der Waals surface area contributed by atoms with Crippen molar-refractivity contribution in [1.29, 1.82) is 0 Å². The number of hydrogen-bond acceptors (Lipinski definition) is 12. The van der Waals surface area contributed by atoms with E-state index in [0.717, 1.165) is 40.4 Å². The number of nitrogens with two attached hydrogens (primary N) is 1. The topological polar surface area (TPSA) is 290 Å². The van der Waals surface area contributed by atoms with Crippen LogP contribution < -0.4 is 47.3 Å². The molecule has 7 rings (SSSR count). The number of ether oxygens (including phenoxy) is 1. The molecule has 1 fully saturated rings. The third-order valence-electron chi connectivity index (χ3n) is 14.0. The predicted molar refractivity (Wildman–Crippen MR) is 309 cm³/mol. The van der Waals surface area contributed by atoms with E-state index >= 15 is 0 Å². The highest BCUT2D eigenvalue weighted by Crippen LogP contribution is 2.46. The maximum Gasteiger partial charge on any atom is 0.415 e. The normalized spacial score (nSPS) is 14.9. The maximum absolute atomic E-state index is 14.5. The number of anilines is 3. The van der Waals surface area contributed by atoms with Crippen molar-refractivity contribution in [2.24, 2.45) is 11.7 Å². The first-order chi connectivity index (χ1) is 38.3. The van der Waals surface area contributed by atoms with Crippen LogP contribution in [0.25, 0.3) is 21.7 Å². The monoisotopic (exact) mass is 1160 g/mol. The van der Waals surface area contributed by atoms with Crippen LogP contribution in [0.3, 0.4) is 0 Å². The van der Waals surface area contributed by atoms with Crippen LogP contribution in [0.15, 0.2) is 91.5 Å². The Bertz CT molecular complexity index is 3140. The van der Waals surface area contributed by atoms with Crippen LogP contribution in [0.1, 0.15) is 78.8 Å². The van der Waals surface area contributed by atoms with Gasteiger partial charge in [-0.15, -0.1) is 0 Å². The fourth-order valence-corrected chi connectivity index (χ4v) is 10.2.